The molecule has 0 saturated carbocycles. The van der Waals surface area contributed by atoms with Gasteiger partial charge in [-0.05, 0) is 43.5 Å². The van der Waals surface area contributed by atoms with Crippen LogP contribution in [0.1, 0.15) is 35.1 Å². The largest absolute Gasteiger partial charge is 0.326 e. The predicted octanol–water partition coefficient (Wildman–Crippen LogP) is 4.70. The number of aromatic nitrogens is 3. The third-order valence-corrected chi connectivity index (χ3v) is 6.13. The number of thiazole rings is 1. The number of rotatable bonds is 5. The van der Waals surface area contributed by atoms with Crippen LogP contribution in [0.3, 0.4) is 0 Å². The molecule has 7 nitrogen and oxygen atoms in total. The van der Waals surface area contributed by atoms with E-state index in [1.807, 2.05) is 64.7 Å². The van der Waals surface area contributed by atoms with Gasteiger partial charge in [0.05, 0.1) is 11.4 Å². The Kier molecular flexibility index (Phi) is 5.28. The Morgan fingerprint density at radius 3 is 2.53 bits per heavy atom. The lowest BCUT2D eigenvalue weighted by atomic mass is 10.1. The number of hydrogen-bond acceptors (Lipinski definition) is 5. The molecule has 1 aliphatic rings. The van der Waals surface area contributed by atoms with Crippen molar-refractivity contribution >= 4 is 34.0 Å². The maximum absolute atomic E-state index is 13.1. The molecule has 0 aliphatic heterocycles. The summed E-state index contributed by atoms with van der Waals surface area (Å²) in [7, 11) is 0. The van der Waals surface area contributed by atoms with Gasteiger partial charge < -0.3 is 5.32 Å². The van der Waals surface area contributed by atoms with E-state index in [4.69, 9.17) is 0 Å². The number of benzene rings is 2. The van der Waals surface area contributed by atoms with Crippen molar-refractivity contribution in [2.75, 3.05) is 10.6 Å². The van der Waals surface area contributed by atoms with Gasteiger partial charge in [-0.2, -0.15) is 5.10 Å². The van der Waals surface area contributed by atoms with Gasteiger partial charge in [0.15, 0.2) is 10.8 Å². The number of anilines is 2. The van der Waals surface area contributed by atoms with Crippen molar-refractivity contribution in [2.24, 2.45) is 0 Å². The molecule has 0 saturated heterocycles. The standard InChI is InChI=1S/C24H21N5O2S/c1-15(30)25-17-12-10-16(11-13-17)20-14-32-24(26-20)27-23(31)22-19-8-5-9-21(19)29(28-22)18-6-3-2-4-7-18/h2-4,6-7,10-14H,5,8-9H2,1H3,(H,25,30)(H,26,27,31). The minimum atomic E-state index is -0.236. The molecule has 4 aromatic rings. The van der Waals surface area contributed by atoms with E-state index in [-0.39, 0.29) is 11.8 Å². The molecule has 0 unspecified atom stereocenters. The maximum atomic E-state index is 13.1. The van der Waals surface area contributed by atoms with Crippen LogP contribution in [-0.2, 0) is 17.6 Å². The van der Waals surface area contributed by atoms with Gasteiger partial charge in [-0.25, -0.2) is 9.67 Å². The Balaban J connectivity index is 1.36. The lowest BCUT2D eigenvalue weighted by Gasteiger charge is -2.04. The highest BCUT2D eigenvalue weighted by Gasteiger charge is 2.27. The molecule has 0 atom stereocenters. The molecule has 0 spiro atoms. The summed E-state index contributed by atoms with van der Waals surface area (Å²) in [5.41, 5.74) is 5.97. The molecule has 8 heteroatoms. The summed E-state index contributed by atoms with van der Waals surface area (Å²) in [4.78, 5) is 28.8. The third-order valence-electron chi connectivity index (χ3n) is 5.37. The van der Waals surface area contributed by atoms with Gasteiger partial charge in [0.1, 0.15) is 0 Å². The van der Waals surface area contributed by atoms with Crippen molar-refractivity contribution in [1.29, 1.82) is 0 Å². The zero-order valence-corrected chi connectivity index (χ0v) is 18.3. The normalized spacial score (nSPS) is 12.4. The van der Waals surface area contributed by atoms with Crippen LogP contribution in [0.15, 0.2) is 60.0 Å². The number of hydrogen-bond donors (Lipinski definition) is 2. The first kappa shape index (κ1) is 20.1. The van der Waals surface area contributed by atoms with Crippen LogP contribution < -0.4 is 10.6 Å². The zero-order valence-electron chi connectivity index (χ0n) is 17.5. The van der Waals surface area contributed by atoms with E-state index in [1.165, 1.54) is 18.3 Å². The predicted molar refractivity (Wildman–Crippen MR) is 125 cm³/mol. The highest BCUT2D eigenvalue weighted by molar-refractivity contribution is 7.14. The summed E-state index contributed by atoms with van der Waals surface area (Å²) in [5, 5.41) is 12.7. The van der Waals surface area contributed by atoms with E-state index >= 15 is 0 Å². The summed E-state index contributed by atoms with van der Waals surface area (Å²) in [6, 6.07) is 17.3. The zero-order chi connectivity index (χ0) is 22.1. The minimum absolute atomic E-state index is 0.113. The van der Waals surface area contributed by atoms with Crippen LogP contribution in [0.5, 0.6) is 0 Å². The molecule has 2 amide bonds. The summed E-state index contributed by atoms with van der Waals surface area (Å²) in [6.07, 6.45) is 2.80. The van der Waals surface area contributed by atoms with E-state index in [1.54, 1.807) is 0 Å². The average molecular weight is 444 g/mol. The van der Waals surface area contributed by atoms with Crippen molar-refractivity contribution in [3.05, 3.63) is 76.9 Å². The molecule has 32 heavy (non-hydrogen) atoms. The molecule has 2 aromatic carbocycles. The molecule has 2 aromatic heterocycles. The topological polar surface area (TPSA) is 88.9 Å². The Labute approximate surface area is 189 Å². The van der Waals surface area contributed by atoms with Crippen molar-refractivity contribution in [3.63, 3.8) is 0 Å². The number of nitrogens with one attached hydrogen (secondary N) is 2. The molecule has 0 radical (unpaired) electrons. The molecule has 0 fully saturated rings. The molecule has 1 aliphatic carbocycles. The Morgan fingerprint density at radius 1 is 1.00 bits per heavy atom. The third kappa shape index (κ3) is 3.92. The second-order valence-corrected chi connectivity index (χ2v) is 8.48. The quantitative estimate of drug-likeness (QED) is 0.468. The number of nitrogens with zero attached hydrogens (tertiary/aromatic N) is 3. The molecule has 160 valence electrons. The maximum Gasteiger partial charge on any atom is 0.278 e. The number of para-hydroxylation sites is 1. The van der Waals surface area contributed by atoms with E-state index < -0.39 is 0 Å². The second kappa shape index (κ2) is 8.39. The van der Waals surface area contributed by atoms with E-state index in [9.17, 15) is 9.59 Å². The van der Waals surface area contributed by atoms with Gasteiger partial charge in [-0.15, -0.1) is 11.3 Å². The highest BCUT2D eigenvalue weighted by Crippen LogP contribution is 2.30. The SMILES string of the molecule is CC(=O)Nc1ccc(-c2csc(NC(=O)c3nn(-c4ccccc4)c4c3CCC4)n2)cc1. The first-order valence-electron chi connectivity index (χ1n) is 10.4. The van der Waals surface area contributed by atoms with Gasteiger partial charge in [-0.1, -0.05) is 30.3 Å². The van der Waals surface area contributed by atoms with E-state index in [0.717, 1.165) is 53.2 Å². The average Bonchev–Trinajstić information content (AvgIpc) is 3.51. The lowest BCUT2D eigenvalue weighted by Crippen LogP contribution is -2.14. The number of fused-ring (bicyclic) bond motifs is 1. The van der Waals surface area contributed by atoms with Gasteiger partial charge in [0, 0.05) is 34.8 Å². The highest BCUT2D eigenvalue weighted by atomic mass is 32.1. The molecule has 2 N–H and O–H groups in total. The van der Waals surface area contributed by atoms with Crippen molar-refractivity contribution in [3.8, 4) is 16.9 Å². The summed E-state index contributed by atoms with van der Waals surface area (Å²) in [6.45, 7) is 1.47. The van der Waals surface area contributed by atoms with Gasteiger partial charge in [0.2, 0.25) is 5.91 Å². The Morgan fingerprint density at radius 2 is 1.78 bits per heavy atom. The molecular weight excluding hydrogens is 422 g/mol. The van der Waals surface area contributed by atoms with Crippen LogP contribution in [0, 0.1) is 0 Å². The Bertz CT molecular complexity index is 1290. The molecular formula is C24H21N5O2S. The first-order valence-corrected chi connectivity index (χ1v) is 11.3. The Hall–Kier alpha value is -3.78. The number of amides is 2. The molecule has 5 rings (SSSR count). The molecule has 0 bridgehead atoms. The van der Waals surface area contributed by atoms with E-state index in [0.29, 0.717) is 10.8 Å². The van der Waals surface area contributed by atoms with Gasteiger partial charge in [0.25, 0.3) is 5.91 Å². The van der Waals surface area contributed by atoms with Crippen LogP contribution in [0.4, 0.5) is 10.8 Å². The lowest BCUT2D eigenvalue weighted by molar-refractivity contribution is -0.114. The van der Waals surface area contributed by atoms with E-state index in [2.05, 4.69) is 20.7 Å². The smallest absolute Gasteiger partial charge is 0.278 e. The number of carbonyl (C=O) groups is 2. The summed E-state index contributed by atoms with van der Waals surface area (Å²) >= 11 is 1.37. The van der Waals surface area contributed by atoms with Gasteiger partial charge in [-0.3, -0.25) is 14.9 Å². The second-order valence-electron chi connectivity index (χ2n) is 7.63. The van der Waals surface area contributed by atoms with Crippen molar-refractivity contribution < 1.29 is 9.59 Å². The summed E-state index contributed by atoms with van der Waals surface area (Å²) < 4.78 is 1.89. The fraction of sp³-hybridized carbons (Fsp3) is 0.167. The van der Waals surface area contributed by atoms with Crippen LogP contribution in [0.2, 0.25) is 0 Å². The first-order chi connectivity index (χ1) is 15.6. The fourth-order valence-corrected chi connectivity index (χ4v) is 4.66. The number of carbonyl (C=O) groups excluding carboxylic acids is 2. The van der Waals surface area contributed by atoms with Crippen molar-refractivity contribution in [1.82, 2.24) is 14.8 Å². The summed E-state index contributed by atoms with van der Waals surface area (Å²) in [5.74, 6) is -0.350. The minimum Gasteiger partial charge on any atom is -0.326 e. The van der Waals surface area contributed by atoms with Crippen molar-refractivity contribution in [2.45, 2.75) is 26.2 Å². The van der Waals surface area contributed by atoms with Crippen LogP contribution in [0.25, 0.3) is 16.9 Å². The van der Waals surface area contributed by atoms with Crippen LogP contribution in [-0.4, -0.2) is 26.6 Å². The van der Waals surface area contributed by atoms with Gasteiger partial charge >= 0.3 is 0 Å². The monoisotopic (exact) mass is 443 g/mol. The fourth-order valence-electron chi connectivity index (χ4n) is 3.95. The van der Waals surface area contributed by atoms with Crippen LogP contribution >= 0.6 is 11.3 Å². The molecule has 2 heterocycles.